The smallest absolute Gasteiger partial charge is 0.210 e. The van der Waals surface area contributed by atoms with Crippen LogP contribution < -0.4 is 16.6 Å². The monoisotopic (exact) mass is 264 g/mol. The minimum absolute atomic E-state index is 0.571. The van der Waals surface area contributed by atoms with Crippen LogP contribution in [0.1, 0.15) is 24.5 Å². The first-order chi connectivity index (χ1) is 9.15. The maximum absolute atomic E-state index is 5.46. The lowest BCUT2D eigenvalue weighted by Gasteiger charge is -2.10. The number of nitrogens with one attached hydrogen (secondary N) is 2. The normalized spacial score (nSPS) is 11.5. The second kappa shape index (κ2) is 8.50. The van der Waals surface area contributed by atoms with E-state index in [0.717, 1.165) is 25.3 Å². The van der Waals surface area contributed by atoms with Gasteiger partial charge in [-0.25, -0.2) is 5.84 Å². The van der Waals surface area contributed by atoms with Gasteiger partial charge in [-0.15, -0.1) is 0 Å². The molecule has 0 spiro atoms. The Kier molecular flexibility index (Phi) is 6.92. The van der Waals surface area contributed by atoms with E-state index in [1.807, 2.05) is 6.92 Å². The minimum Gasteiger partial charge on any atom is -0.382 e. The molecule has 0 heterocycles. The number of hydrogen-bond donors (Lipinski definition) is 3. The molecule has 0 aromatic heterocycles. The molecular formula is C14H24N4O. The first kappa shape index (κ1) is 15.5. The van der Waals surface area contributed by atoms with Gasteiger partial charge in [-0.3, -0.25) is 10.4 Å². The zero-order valence-corrected chi connectivity index (χ0v) is 12.0. The number of hydrogen-bond acceptors (Lipinski definition) is 3. The van der Waals surface area contributed by atoms with Crippen LogP contribution in [0.15, 0.2) is 23.2 Å². The van der Waals surface area contributed by atoms with Crippen LogP contribution in [0.4, 0.5) is 5.69 Å². The lowest BCUT2D eigenvalue weighted by atomic mass is 10.1. The molecule has 0 amide bonds. The van der Waals surface area contributed by atoms with E-state index in [4.69, 9.17) is 10.6 Å². The molecule has 106 valence electrons. The van der Waals surface area contributed by atoms with E-state index in [9.17, 15) is 0 Å². The van der Waals surface area contributed by atoms with Crippen molar-refractivity contribution in [1.82, 2.24) is 5.43 Å². The fourth-order valence-electron chi connectivity index (χ4n) is 1.81. The third-order valence-electron chi connectivity index (χ3n) is 2.54. The van der Waals surface area contributed by atoms with E-state index in [1.54, 1.807) is 0 Å². The van der Waals surface area contributed by atoms with Gasteiger partial charge in [0.2, 0.25) is 5.96 Å². The van der Waals surface area contributed by atoms with Crippen LogP contribution in [0, 0.1) is 13.8 Å². The maximum Gasteiger partial charge on any atom is 0.210 e. The van der Waals surface area contributed by atoms with Crippen molar-refractivity contribution in [3.63, 3.8) is 0 Å². The van der Waals surface area contributed by atoms with Crippen LogP contribution in [0.25, 0.3) is 0 Å². The highest BCUT2D eigenvalue weighted by molar-refractivity contribution is 5.93. The van der Waals surface area contributed by atoms with Gasteiger partial charge in [-0.05, 0) is 50.5 Å². The Labute approximate surface area is 115 Å². The van der Waals surface area contributed by atoms with Crippen molar-refractivity contribution in [2.24, 2.45) is 10.8 Å². The van der Waals surface area contributed by atoms with Gasteiger partial charge < -0.3 is 10.1 Å². The molecule has 0 aliphatic carbocycles. The fraction of sp³-hybridized carbons (Fsp3) is 0.500. The summed E-state index contributed by atoms with van der Waals surface area (Å²) in [6, 6.07) is 6.24. The number of aryl methyl sites for hydroxylation is 2. The summed E-state index contributed by atoms with van der Waals surface area (Å²) in [5, 5.41) is 3.17. The number of rotatable bonds is 6. The number of anilines is 1. The largest absolute Gasteiger partial charge is 0.382 e. The molecular weight excluding hydrogens is 240 g/mol. The van der Waals surface area contributed by atoms with E-state index in [0.29, 0.717) is 12.5 Å². The van der Waals surface area contributed by atoms with Crippen LogP contribution in [-0.4, -0.2) is 25.7 Å². The number of guanidine groups is 1. The van der Waals surface area contributed by atoms with Crippen LogP contribution in [0.5, 0.6) is 0 Å². The third kappa shape index (κ3) is 6.22. The predicted octanol–water partition coefficient (Wildman–Crippen LogP) is 1.96. The van der Waals surface area contributed by atoms with Crippen molar-refractivity contribution in [3.05, 3.63) is 29.3 Å². The summed E-state index contributed by atoms with van der Waals surface area (Å²) in [5.74, 6) is 6.03. The Morgan fingerprint density at radius 2 is 1.95 bits per heavy atom. The second-order valence-electron chi connectivity index (χ2n) is 4.43. The summed E-state index contributed by atoms with van der Waals surface area (Å²) in [4.78, 5) is 4.36. The number of nitrogens with zero attached hydrogens (tertiary/aromatic N) is 1. The van der Waals surface area contributed by atoms with Crippen molar-refractivity contribution in [2.45, 2.75) is 27.2 Å². The summed E-state index contributed by atoms with van der Waals surface area (Å²) >= 11 is 0. The van der Waals surface area contributed by atoms with Crippen molar-refractivity contribution in [1.29, 1.82) is 0 Å². The maximum atomic E-state index is 5.46. The van der Waals surface area contributed by atoms with Crippen LogP contribution in [0.3, 0.4) is 0 Å². The summed E-state index contributed by atoms with van der Waals surface area (Å²) in [7, 11) is 0. The molecule has 0 radical (unpaired) electrons. The highest BCUT2D eigenvalue weighted by Gasteiger charge is 1.99. The lowest BCUT2D eigenvalue weighted by Crippen LogP contribution is -2.36. The molecule has 5 nitrogen and oxygen atoms in total. The number of nitrogens with two attached hydrogens (primary N) is 1. The molecule has 1 aromatic carbocycles. The zero-order chi connectivity index (χ0) is 14.1. The fourth-order valence-corrected chi connectivity index (χ4v) is 1.81. The lowest BCUT2D eigenvalue weighted by molar-refractivity contribution is 0.146. The van der Waals surface area contributed by atoms with Crippen molar-refractivity contribution in [2.75, 3.05) is 25.1 Å². The molecule has 0 saturated carbocycles. The van der Waals surface area contributed by atoms with E-state index < -0.39 is 0 Å². The molecule has 19 heavy (non-hydrogen) atoms. The average molecular weight is 264 g/mol. The van der Waals surface area contributed by atoms with Crippen molar-refractivity contribution in [3.8, 4) is 0 Å². The topological polar surface area (TPSA) is 71.7 Å². The number of hydrazine groups is 1. The third-order valence-corrected chi connectivity index (χ3v) is 2.54. The molecule has 0 atom stereocenters. The molecule has 1 rings (SSSR count). The van der Waals surface area contributed by atoms with E-state index >= 15 is 0 Å². The highest BCUT2D eigenvalue weighted by Crippen LogP contribution is 2.13. The Morgan fingerprint density at radius 1 is 1.26 bits per heavy atom. The number of benzene rings is 1. The summed E-state index contributed by atoms with van der Waals surface area (Å²) in [6.45, 7) is 8.25. The molecule has 1 aromatic rings. The van der Waals surface area contributed by atoms with Crippen LogP contribution in [0.2, 0.25) is 0 Å². The van der Waals surface area contributed by atoms with Gasteiger partial charge in [0.25, 0.3) is 0 Å². The molecule has 0 aliphatic rings. The predicted molar refractivity (Wildman–Crippen MR) is 80.3 cm³/mol. The van der Waals surface area contributed by atoms with Gasteiger partial charge in [0, 0.05) is 25.4 Å². The van der Waals surface area contributed by atoms with Crippen molar-refractivity contribution >= 4 is 11.6 Å². The standard InChI is InChI=1S/C14H24N4O/c1-4-19-7-5-6-16-14(18-15)17-13-9-11(2)8-12(3)10-13/h8-10H,4-7,15H2,1-3H3,(H2,16,17,18). The zero-order valence-electron chi connectivity index (χ0n) is 12.0. The number of aliphatic imine (C=N–C) groups is 1. The van der Waals surface area contributed by atoms with Gasteiger partial charge in [-0.1, -0.05) is 6.07 Å². The van der Waals surface area contributed by atoms with E-state index in [2.05, 4.69) is 47.8 Å². The Balaban J connectivity index is 2.53. The van der Waals surface area contributed by atoms with Gasteiger partial charge in [0.1, 0.15) is 0 Å². The van der Waals surface area contributed by atoms with Gasteiger partial charge in [-0.2, -0.15) is 0 Å². The first-order valence-electron chi connectivity index (χ1n) is 6.60. The quantitative estimate of drug-likeness (QED) is 0.241. The van der Waals surface area contributed by atoms with E-state index in [1.165, 1.54) is 11.1 Å². The molecule has 5 heteroatoms. The molecule has 0 aliphatic heterocycles. The summed E-state index contributed by atoms with van der Waals surface area (Å²) in [6.07, 6.45) is 0.882. The van der Waals surface area contributed by atoms with Crippen LogP contribution >= 0.6 is 0 Å². The Morgan fingerprint density at radius 3 is 2.53 bits per heavy atom. The first-order valence-corrected chi connectivity index (χ1v) is 6.60. The summed E-state index contributed by atoms with van der Waals surface area (Å²) < 4.78 is 5.26. The molecule has 0 saturated heterocycles. The molecule has 0 fully saturated rings. The summed E-state index contributed by atoms with van der Waals surface area (Å²) in [5.41, 5.74) is 5.97. The van der Waals surface area contributed by atoms with E-state index in [-0.39, 0.29) is 0 Å². The second-order valence-corrected chi connectivity index (χ2v) is 4.43. The molecule has 0 unspecified atom stereocenters. The SMILES string of the molecule is CCOCCCN=C(NN)Nc1cc(C)cc(C)c1. The number of ether oxygens (including phenoxy) is 1. The Hall–Kier alpha value is -1.59. The molecule has 4 N–H and O–H groups in total. The van der Waals surface area contributed by atoms with Crippen LogP contribution in [-0.2, 0) is 4.74 Å². The minimum atomic E-state index is 0.571. The highest BCUT2D eigenvalue weighted by atomic mass is 16.5. The molecule has 0 bridgehead atoms. The van der Waals surface area contributed by atoms with Gasteiger partial charge in [0.05, 0.1) is 0 Å². The van der Waals surface area contributed by atoms with Gasteiger partial charge >= 0.3 is 0 Å². The van der Waals surface area contributed by atoms with Crippen molar-refractivity contribution < 1.29 is 4.74 Å². The average Bonchev–Trinajstić information content (AvgIpc) is 2.36. The Bertz CT molecular complexity index is 398. The van der Waals surface area contributed by atoms with Gasteiger partial charge in [0.15, 0.2) is 0 Å².